The Hall–Kier alpha value is -2.08. The van der Waals surface area contributed by atoms with Crippen LogP contribution < -0.4 is 0 Å². The number of unbranched alkanes of at least 4 members (excludes halogenated alkanes) is 2. The van der Waals surface area contributed by atoms with Gasteiger partial charge in [-0.1, -0.05) is 176 Å². The first-order chi connectivity index (χ1) is 23.8. The average molecular weight is 677 g/mol. The Bertz CT molecular complexity index is 942. The van der Waals surface area contributed by atoms with E-state index < -0.39 is 0 Å². The molecule has 0 heteroatoms. The van der Waals surface area contributed by atoms with Crippen LogP contribution in [0.5, 0.6) is 0 Å². The molecule has 0 bridgehead atoms. The molecule has 2 aliphatic rings. The van der Waals surface area contributed by atoms with E-state index in [0.29, 0.717) is 0 Å². The van der Waals surface area contributed by atoms with Gasteiger partial charge in [-0.25, -0.2) is 0 Å². The number of benzene rings is 2. The summed E-state index contributed by atoms with van der Waals surface area (Å²) in [6.07, 6.45) is 24.2. The van der Waals surface area contributed by atoms with Crippen molar-refractivity contribution in [1.29, 1.82) is 0 Å². The normalized spacial score (nSPS) is 19.0. The van der Waals surface area contributed by atoms with Crippen LogP contribution in [0.4, 0.5) is 0 Å². The predicted molar refractivity (Wildman–Crippen MR) is 230 cm³/mol. The minimum atomic E-state index is 0.939. The Labute approximate surface area is 311 Å². The van der Waals surface area contributed by atoms with Gasteiger partial charge in [0.25, 0.3) is 0 Å². The molecular weight excluding hydrogens is 589 g/mol. The van der Waals surface area contributed by atoms with Crippen LogP contribution in [0.1, 0.15) is 186 Å². The Kier molecular flexibility index (Phi) is 37.4. The van der Waals surface area contributed by atoms with Crippen LogP contribution in [-0.2, 0) is 19.3 Å². The maximum Gasteiger partial charge on any atom is -0.0248 e. The highest BCUT2D eigenvalue weighted by atomic mass is 14.3. The van der Waals surface area contributed by atoms with Crippen molar-refractivity contribution in [3.05, 3.63) is 96.1 Å². The van der Waals surface area contributed by atoms with Gasteiger partial charge in [0, 0.05) is 0 Å². The summed E-state index contributed by atoms with van der Waals surface area (Å²) in [6, 6.07) is 13.3. The number of hydrogen-bond acceptors (Lipinski definition) is 0. The Morgan fingerprint density at radius 2 is 0.878 bits per heavy atom. The summed E-state index contributed by atoms with van der Waals surface area (Å²) in [7, 11) is 0. The van der Waals surface area contributed by atoms with Crippen molar-refractivity contribution >= 4 is 0 Å². The average Bonchev–Trinajstić information content (AvgIpc) is 3.16. The molecule has 49 heavy (non-hydrogen) atoms. The van der Waals surface area contributed by atoms with Gasteiger partial charge in [-0.15, -0.1) is 26.3 Å². The molecule has 0 radical (unpaired) electrons. The van der Waals surface area contributed by atoms with Crippen LogP contribution in [0, 0.1) is 44.4 Å². The molecule has 2 fully saturated rings. The minimum Gasteiger partial charge on any atom is -0.106 e. The third kappa shape index (κ3) is 23.9. The maximum absolute atomic E-state index is 3.00. The van der Waals surface area contributed by atoms with Crippen molar-refractivity contribution in [1.82, 2.24) is 0 Å². The highest BCUT2D eigenvalue weighted by Gasteiger charge is 2.22. The second kappa shape index (κ2) is 35.7. The molecule has 0 N–H and O–H groups in total. The molecule has 0 heterocycles. The summed E-state index contributed by atoms with van der Waals surface area (Å²) in [6.45, 7) is 38.2. The number of aryl methyl sites for hydroxylation is 5. The zero-order valence-electron chi connectivity index (χ0n) is 35.6. The first-order valence-electron chi connectivity index (χ1n) is 20.9. The molecule has 0 unspecified atom stereocenters. The molecule has 0 aromatic heterocycles. The highest BCUT2D eigenvalue weighted by Crippen LogP contribution is 2.35. The molecular formula is C49H88. The SMILES string of the molecule is C=C.C=C.CC.CC.CCCCC1CCC(C)CC1.CCCCC1CCC(Cc2cc(CC)c(CC)cc2C)CC1.Cc1ccccc1C. The van der Waals surface area contributed by atoms with Crippen LogP contribution in [-0.4, -0.2) is 0 Å². The van der Waals surface area contributed by atoms with Gasteiger partial charge in [-0.2, -0.15) is 0 Å². The second-order valence-electron chi connectivity index (χ2n) is 13.8. The first-order valence-corrected chi connectivity index (χ1v) is 20.9. The van der Waals surface area contributed by atoms with E-state index in [-0.39, 0.29) is 0 Å². The lowest BCUT2D eigenvalue weighted by molar-refractivity contribution is 0.258. The molecule has 0 saturated heterocycles. The molecule has 2 saturated carbocycles. The molecule has 0 aliphatic heterocycles. The van der Waals surface area contributed by atoms with Crippen molar-refractivity contribution < 1.29 is 0 Å². The van der Waals surface area contributed by atoms with Crippen LogP contribution in [0.2, 0.25) is 0 Å². The van der Waals surface area contributed by atoms with Gasteiger partial charge in [-0.05, 0) is 110 Å². The van der Waals surface area contributed by atoms with E-state index >= 15 is 0 Å². The molecule has 0 nitrogen and oxygen atoms in total. The molecule has 2 aromatic carbocycles. The summed E-state index contributed by atoms with van der Waals surface area (Å²) in [5.41, 5.74) is 9.04. The molecule has 0 atom stereocenters. The Balaban J connectivity index is -0.000000654. The summed E-state index contributed by atoms with van der Waals surface area (Å²) >= 11 is 0. The van der Waals surface area contributed by atoms with E-state index in [0.717, 1.165) is 23.7 Å². The van der Waals surface area contributed by atoms with Gasteiger partial charge in [-0.3, -0.25) is 0 Å². The fourth-order valence-electron chi connectivity index (χ4n) is 7.04. The fourth-order valence-corrected chi connectivity index (χ4v) is 7.04. The minimum absolute atomic E-state index is 0.939. The summed E-state index contributed by atoms with van der Waals surface area (Å²) < 4.78 is 0. The summed E-state index contributed by atoms with van der Waals surface area (Å²) in [5.74, 6) is 4.08. The van der Waals surface area contributed by atoms with Crippen molar-refractivity contribution in [2.24, 2.45) is 23.7 Å². The zero-order chi connectivity index (χ0) is 38.0. The summed E-state index contributed by atoms with van der Waals surface area (Å²) in [5, 5.41) is 0. The standard InChI is InChI=1S/C22H36.C11H22.C8H10.2C2H6.2C2H4/c1-5-8-9-18-10-12-19(13-11-18)15-22-16-21(7-3)20(6-2)14-17(22)4;1-3-4-5-11-8-6-10(2)7-9-11;1-7-5-3-4-6-8(7)2;4*1-2/h14,16,18-19H,5-13,15H2,1-4H3;10-11H,3-9H2,1-2H3;3-6H,1-2H3;2*1-2H3;2*1-2H2. The lowest BCUT2D eigenvalue weighted by Crippen LogP contribution is -2.17. The van der Waals surface area contributed by atoms with Crippen molar-refractivity contribution in [3.8, 4) is 0 Å². The third-order valence-electron chi connectivity index (χ3n) is 10.4. The van der Waals surface area contributed by atoms with Crippen molar-refractivity contribution in [2.75, 3.05) is 0 Å². The summed E-state index contributed by atoms with van der Waals surface area (Å²) in [4.78, 5) is 0. The monoisotopic (exact) mass is 677 g/mol. The quantitative estimate of drug-likeness (QED) is 0.220. The van der Waals surface area contributed by atoms with Gasteiger partial charge in [0.05, 0.1) is 0 Å². The van der Waals surface area contributed by atoms with Gasteiger partial charge >= 0.3 is 0 Å². The van der Waals surface area contributed by atoms with E-state index in [1.54, 1.807) is 16.7 Å². The lowest BCUT2D eigenvalue weighted by atomic mass is 9.77. The Morgan fingerprint density at radius 1 is 0.510 bits per heavy atom. The number of hydrogen-bond donors (Lipinski definition) is 0. The Morgan fingerprint density at radius 3 is 1.24 bits per heavy atom. The second-order valence-corrected chi connectivity index (χ2v) is 13.8. The van der Waals surface area contributed by atoms with Gasteiger partial charge < -0.3 is 0 Å². The van der Waals surface area contributed by atoms with Crippen LogP contribution in [0.3, 0.4) is 0 Å². The highest BCUT2D eigenvalue weighted by molar-refractivity contribution is 5.38. The molecule has 284 valence electrons. The van der Waals surface area contributed by atoms with Gasteiger partial charge in [0.15, 0.2) is 0 Å². The first kappa shape index (κ1) is 51.3. The van der Waals surface area contributed by atoms with E-state index in [2.05, 4.69) is 118 Å². The van der Waals surface area contributed by atoms with Gasteiger partial charge in [0.1, 0.15) is 0 Å². The van der Waals surface area contributed by atoms with E-state index in [1.165, 1.54) is 126 Å². The third-order valence-corrected chi connectivity index (χ3v) is 10.4. The number of rotatable bonds is 10. The van der Waals surface area contributed by atoms with Crippen LogP contribution in [0.15, 0.2) is 62.7 Å². The topological polar surface area (TPSA) is 0 Å². The predicted octanol–water partition coefficient (Wildman–Crippen LogP) is 16.6. The van der Waals surface area contributed by atoms with E-state index in [1.807, 2.05) is 27.7 Å². The van der Waals surface area contributed by atoms with Crippen LogP contribution in [0.25, 0.3) is 0 Å². The van der Waals surface area contributed by atoms with Crippen molar-refractivity contribution in [3.63, 3.8) is 0 Å². The molecule has 4 rings (SSSR count). The molecule has 2 aromatic rings. The van der Waals surface area contributed by atoms with Gasteiger partial charge in [0.2, 0.25) is 0 Å². The lowest BCUT2D eigenvalue weighted by Gasteiger charge is -2.29. The molecule has 0 spiro atoms. The van der Waals surface area contributed by atoms with Crippen LogP contribution >= 0.6 is 0 Å². The molecule has 0 amide bonds. The largest absolute Gasteiger partial charge is 0.106 e. The van der Waals surface area contributed by atoms with E-state index in [9.17, 15) is 0 Å². The van der Waals surface area contributed by atoms with E-state index in [4.69, 9.17) is 0 Å². The maximum atomic E-state index is 3.00. The smallest absolute Gasteiger partial charge is 0.0248 e. The fraction of sp³-hybridized carbons (Fsp3) is 0.673. The molecule has 2 aliphatic carbocycles. The van der Waals surface area contributed by atoms with Crippen molar-refractivity contribution in [2.45, 2.75) is 192 Å². The zero-order valence-corrected chi connectivity index (χ0v) is 35.6.